The molecule has 1 saturated carbocycles. The molecule has 25 heavy (non-hydrogen) atoms. The van der Waals surface area contributed by atoms with Gasteiger partial charge in [-0.3, -0.25) is 0 Å². The minimum Gasteiger partial charge on any atom is -0.411 e. The lowest BCUT2D eigenvalue weighted by molar-refractivity contribution is 0.111. The molecule has 1 unspecified atom stereocenters. The highest BCUT2D eigenvalue weighted by atomic mass is 28.4. The van der Waals surface area contributed by atoms with Crippen LogP contribution in [0.4, 0.5) is 10.2 Å². The minimum absolute atomic E-state index is 0.0952. The van der Waals surface area contributed by atoms with Crippen molar-refractivity contribution in [1.29, 1.82) is 0 Å². The van der Waals surface area contributed by atoms with Gasteiger partial charge in [0.1, 0.15) is 12.0 Å². The van der Waals surface area contributed by atoms with Gasteiger partial charge in [-0.25, -0.2) is 9.07 Å². The van der Waals surface area contributed by atoms with Gasteiger partial charge in [0.2, 0.25) is 0 Å². The Hall–Kier alpha value is -0.883. The van der Waals surface area contributed by atoms with Crippen LogP contribution in [-0.2, 0) is 9.96 Å². The highest BCUT2D eigenvalue weighted by Gasteiger charge is 2.45. The molecule has 1 aliphatic rings. The molecule has 3 atom stereocenters. The van der Waals surface area contributed by atoms with Crippen molar-refractivity contribution in [1.82, 2.24) is 9.78 Å². The SMILES string of the molecule is CNc1cc([C@H]2CC(O[Si](C)(C)C(C)(C)C)[C@@H](F)C2)nn1C(C)(C)C. The van der Waals surface area contributed by atoms with E-state index in [2.05, 4.69) is 66.0 Å². The number of nitrogens with one attached hydrogen (secondary N) is 1. The van der Waals surface area contributed by atoms with Gasteiger partial charge in [0.15, 0.2) is 8.32 Å². The molecular weight excluding hydrogens is 333 g/mol. The lowest BCUT2D eigenvalue weighted by Crippen LogP contribution is -2.45. The van der Waals surface area contributed by atoms with E-state index < -0.39 is 14.5 Å². The van der Waals surface area contributed by atoms with Gasteiger partial charge in [0, 0.05) is 19.0 Å². The lowest BCUT2D eigenvalue weighted by Gasteiger charge is -2.38. The van der Waals surface area contributed by atoms with Crippen LogP contribution in [0.2, 0.25) is 18.1 Å². The summed E-state index contributed by atoms with van der Waals surface area (Å²) in [7, 11) is -0.0609. The van der Waals surface area contributed by atoms with Gasteiger partial charge >= 0.3 is 0 Å². The lowest BCUT2D eigenvalue weighted by atomic mass is 10.0. The molecule has 1 N–H and O–H groups in total. The van der Waals surface area contributed by atoms with Crippen molar-refractivity contribution in [2.45, 2.75) is 96.2 Å². The van der Waals surface area contributed by atoms with Gasteiger partial charge in [0.25, 0.3) is 0 Å². The van der Waals surface area contributed by atoms with E-state index in [9.17, 15) is 4.39 Å². The molecule has 2 rings (SSSR count). The van der Waals surface area contributed by atoms with Crippen LogP contribution < -0.4 is 5.32 Å². The fourth-order valence-corrected chi connectivity index (χ4v) is 4.51. The molecule has 6 heteroatoms. The summed E-state index contributed by atoms with van der Waals surface area (Å²) in [6, 6.07) is 2.07. The number of nitrogens with zero attached hydrogens (tertiary/aromatic N) is 2. The first kappa shape index (κ1) is 20.4. The monoisotopic (exact) mass is 369 g/mol. The van der Waals surface area contributed by atoms with Crippen LogP contribution in [0.5, 0.6) is 0 Å². The van der Waals surface area contributed by atoms with Crippen LogP contribution in [0, 0.1) is 0 Å². The molecule has 0 radical (unpaired) electrons. The van der Waals surface area contributed by atoms with Gasteiger partial charge in [-0.05, 0) is 51.7 Å². The Morgan fingerprint density at radius 1 is 1.20 bits per heavy atom. The third-order valence-electron chi connectivity index (χ3n) is 5.72. The Morgan fingerprint density at radius 2 is 1.80 bits per heavy atom. The first-order valence-corrected chi connectivity index (χ1v) is 12.3. The van der Waals surface area contributed by atoms with E-state index in [1.807, 2.05) is 11.7 Å². The van der Waals surface area contributed by atoms with Crippen molar-refractivity contribution in [2.75, 3.05) is 12.4 Å². The second kappa shape index (κ2) is 6.69. The molecular formula is C19H36FN3OSi. The highest BCUT2D eigenvalue weighted by Crippen LogP contribution is 2.44. The Bertz CT molecular complexity index is 601. The summed E-state index contributed by atoms with van der Waals surface area (Å²) in [5.41, 5.74) is 0.865. The molecule has 0 saturated heterocycles. The number of halogens is 1. The molecule has 1 heterocycles. The summed E-state index contributed by atoms with van der Waals surface area (Å²) >= 11 is 0. The van der Waals surface area contributed by atoms with Gasteiger partial charge in [0.05, 0.1) is 17.3 Å². The summed E-state index contributed by atoms with van der Waals surface area (Å²) in [5.74, 6) is 1.10. The molecule has 1 aromatic heterocycles. The average molecular weight is 370 g/mol. The van der Waals surface area contributed by atoms with Gasteiger partial charge < -0.3 is 9.74 Å². The van der Waals surface area contributed by atoms with Crippen molar-refractivity contribution in [3.63, 3.8) is 0 Å². The molecule has 1 aliphatic carbocycles. The number of hydrogen-bond acceptors (Lipinski definition) is 3. The van der Waals surface area contributed by atoms with E-state index in [4.69, 9.17) is 9.52 Å². The molecule has 1 aromatic rings. The van der Waals surface area contributed by atoms with Gasteiger partial charge in [-0.1, -0.05) is 20.8 Å². The summed E-state index contributed by atoms with van der Waals surface area (Å²) in [5, 5.41) is 8.10. The maximum Gasteiger partial charge on any atom is 0.192 e. The average Bonchev–Trinajstić information content (AvgIpc) is 3.01. The van der Waals surface area contributed by atoms with Crippen LogP contribution >= 0.6 is 0 Å². The normalized spacial score (nSPS) is 25.4. The molecule has 0 spiro atoms. The molecule has 144 valence electrons. The van der Waals surface area contributed by atoms with Crippen molar-refractivity contribution >= 4 is 14.1 Å². The zero-order valence-electron chi connectivity index (χ0n) is 17.4. The maximum atomic E-state index is 14.7. The van der Waals surface area contributed by atoms with E-state index in [1.54, 1.807) is 0 Å². The van der Waals surface area contributed by atoms with Gasteiger partial charge in [-0.15, -0.1) is 0 Å². The van der Waals surface area contributed by atoms with Crippen molar-refractivity contribution < 1.29 is 8.82 Å². The number of alkyl halides is 1. The first-order valence-electron chi connectivity index (χ1n) is 9.36. The summed E-state index contributed by atoms with van der Waals surface area (Å²) < 4.78 is 23.1. The first-order chi connectivity index (χ1) is 11.3. The zero-order chi connectivity index (χ0) is 19.2. The molecule has 1 fully saturated rings. The van der Waals surface area contributed by atoms with Crippen molar-refractivity contribution in [2.24, 2.45) is 0 Å². The number of hydrogen-bond donors (Lipinski definition) is 1. The second-order valence-corrected chi connectivity index (χ2v) is 14.6. The highest BCUT2D eigenvalue weighted by molar-refractivity contribution is 6.74. The summed E-state index contributed by atoms with van der Waals surface area (Å²) in [6.45, 7) is 17.4. The van der Waals surface area contributed by atoms with Crippen LogP contribution in [-0.4, -0.2) is 37.4 Å². The Kier molecular flexibility index (Phi) is 5.47. The standard InChI is InChI=1S/C19H36FN3OSi/c1-18(2,3)23-17(21-7)12-15(22-23)13-10-14(20)16(11-13)24-25(8,9)19(4,5)6/h12-14,16,21H,10-11H2,1-9H3/t13-,14+,16?/m1/s1. The Morgan fingerprint density at radius 3 is 2.24 bits per heavy atom. The predicted octanol–water partition coefficient (Wildman–Crippen LogP) is 5.29. The van der Waals surface area contributed by atoms with Crippen molar-refractivity contribution in [3.8, 4) is 0 Å². The van der Waals surface area contributed by atoms with Crippen LogP contribution in [0.25, 0.3) is 0 Å². The van der Waals surface area contributed by atoms with E-state index >= 15 is 0 Å². The largest absolute Gasteiger partial charge is 0.411 e. The summed E-state index contributed by atoms with van der Waals surface area (Å²) in [4.78, 5) is 0. The van der Waals surface area contributed by atoms with E-state index in [1.165, 1.54) is 0 Å². The third-order valence-corrected chi connectivity index (χ3v) is 10.2. The fourth-order valence-electron chi connectivity index (χ4n) is 3.15. The van der Waals surface area contributed by atoms with E-state index in [0.717, 1.165) is 17.9 Å². The number of aromatic nitrogens is 2. The molecule has 0 amide bonds. The molecule has 0 bridgehead atoms. The smallest absolute Gasteiger partial charge is 0.192 e. The van der Waals surface area contributed by atoms with E-state index in [-0.39, 0.29) is 22.6 Å². The molecule has 0 aromatic carbocycles. The topological polar surface area (TPSA) is 39.1 Å². The predicted molar refractivity (Wildman–Crippen MR) is 106 cm³/mol. The Balaban J connectivity index is 2.18. The van der Waals surface area contributed by atoms with Crippen LogP contribution in [0.3, 0.4) is 0 Å². The quantitative estimate of drug-likeness (QED) is 0.733. The molecule has 0 aliphatic heterocycles. The second-order valence-electron chi connectivity index (χ2n) is 9.89. The Labute approximate surface area is 153 Å². The number of anilines is 1. The third kappa shape index (κ3) is 4.27. The van der Waals surface area contributed by atoms with Crippen LogP contribution in [0.15, 0.2) is 6.07 Å². The minimum atomic E-state index is -1.96. The van der Waals surface area contributed by atoms with Crippen molar-refractivity contribution in [3.05, 3.63) is 11.8 Å². The number of rotatable bonds is 4. The van der Waals surface area contributed by atoms with Gasteiger partial charge in [-0.2, -0.15) is 5.10 Å². The van der Waals surface area contributed by atoms with Crippen LogP contribution in [0.1, 0.15) is 66.0 Å². The maximum absolute atomic E-state index is 14.7. The van der Waals surface area contributed by atoms with E-state index in [0.29, 0.717) is 6.42 Å². The molecule has 4 nitrogen and oxygen atoms in total. The fraction of sp³-hybridized carbons (Fsp3) is 0.842. The summed E-state index contributed by atoms with van der Waals surface area (Å²) in [6.07, 6.45) is 0.0161. The zero-order valence-corrected chi connectivity index (χ0v) is 18.4.